The van der Waals surface area contributed by atoms with Crippen molar-refractivity contribution in [3.63, 3.8) is 0 Å². The van der Waals surface area contributed by atoms with Crippen molar-refractivity contribution in [3.8, 4) is 11.5 Å². The molecule has 0 saturated carbocycles. The van der Waals surface area contributed by atoms with Crippen molar-refractivity contribution in [1.82, 2.24) is 0 Å². The average Bonchev–Trinajstić information content (AvgIpc) is 2.58. The fourth-order valence-electron chi connectivity index (χ4n) is 3.22. The molecule has 1 aliphatic rings. The third kappa shape index (κ3) is 3.16. The van der Waals surface area contributed by atoms with Gasteiger partial charge in [0.2, 0.25) is 0 Å². The Morgan fingerprint density at radius 1 is 1.17 bits per heavy atom. The van der Waals surface area contributed by atoms with Crippen LogP contribution in [-0.4, -0.2) is 18.5 Å². The molecular formula is C21H24O3. The summed E-state index contributed by atoms with van der Waals surface area (Å²) in [4.78, 5) is 10.7. The smallest absolute Gasteiger partial charge is 0.150 e. The number of benzene rings is 2. The first-order chi connectivity index (χ1) is 11.4. The first-order valence-corrected chi connectivity index (χ1v) is 8.38. The molecule has 0 radical (unpaired) electrons. The van der Waals surface area contributed by atoms with Crippen molar-refractivity contribution in [1.29, 1.82) is 0 Å². The van der Waals surface area contributed by atoms with Crippen LogP contribution in [-0.2, 0) is 6.42 Å². The molecule has 1 unspecified atom stereocenters. The maximum Gasteiger partial charge on any atom is 0.150 e. The SMILES string of the molecule is Cc1cc(C)c2c(c1C)OC(C)(COc1ccc(C=O)cc1)CC2. The molecule has 1 heterocycles. The van der Waals surface area contributed by atoms with E-state index in [1.54, 1.807) is 12.1 Å². The summed E-state index contributed by atoms with van der Waals surface area (Å²) in [6.07, 6.45) is 2.77. The Labute approximate surface area is 143 Å². The number of carbonyl (C=O) groups is 1. The van der Waals surface area contributed by atoms with E-state index in [-0.39, 0.29) is 5.60 Å². The Balaban J connectivity index is 1.76. The Hall–Kier alpha value is -2.29. The van der Waals surface area contributed by atoms with Gasteiger partial charge in [-0.1, -0.05) is 6.07 Å². The number of aldehydes is 1. The number of hydrogen-bond donors (Lipinski definition) is 0. The number of aryl methyl sites for hydroxylation is 2. The van der Waals surface area contributed by atoms with Crippen molar-refractivity contribution in [2.24, 2.45) is 0 Å². The lowest BCUT2D eigenvalue weighted by atomic mass is 9.88. The first-order valence-electron chi connectivity index (χ1n) is 8.38. The van der Waals surface area contributed by atoms with Crippen LogP contribution in [0, 0.1) is 20.8 Å². The van der Waals surface area contributed by atoms with E-state index in [9.17, 15) is 4.79 Å². The highest BCUT2D eigenvalue weighted by molar-refractivity contribution is 5.74. The van der Waals surface area contributed by atoms with Crippen molar-refractivity contribution in [2.75, 3.05) is 6.61 Å². The molecule has 1 atom stereocenters. The van der Waals surface area contributed by atoms with Crippen LogP contribution >= 0.6 is 0 Å². The third-order valence-electron chi connectivity index (χ3n) is 4.93. The van der Waals surface area contributed by atoms with E-state index < -0.39 is 0 Å². The molecule has 126 valence electrons. The van der Waals surface area contributed by atoms with Gasteiger partial charge < -0.3 is 9.47 Å². The zero-order valence-electron chi connectivity index (χ0n) is 14.8. The summed E-state index contributed by atoms with van der Waals surface area (Å²) in [5.41, 5.74) is 5.42. The summed E-state index contributed by atoms with van der Waals surface area (Å²) in [5, 5.41) is 0. The number of fused-ring (bicyclic) bond motifs is 1. The molecule has 3 rings (SSSR count). The largest absolute Gasteiger partial charge is 0.489 e. The highest BCUT2D eigenvalue weighted by Crippen LogP contribution is 2.39. The van der Waals surface area contributed by atoms with Gasteiger partial charge in [0.25, 0.3) is 0 Å². The van der Waals surface area contributed by atoms with Gasteiger partial charge in [0.05, 0.1) is 0 Å². The summed E-state index contributed by atoms with van der Waals surface area (Å²) in [5.74, 6) is 1.79. The van der Waals surface area contributed by atoms with Gasteiger partial charge in [-0.25, -0.2) is 0 Å². The Bertz CT molecular complexity index is 762. The Morgan fingerprint density at radius 3 is 2.54 bits per heavy atom. The second kappa shape index (κ2) is 6.31. The lowest BCUT2D eigenvalue weighted by Gasteiger charge is -2.37. The second-order valence-corrected chi connectivity index (χ2v) is 6.97. The van der Waals surface area contributed by atoms with Crippen molar-refractivity contribution >= 4 is 6.29 Å². The van der Waals surface area contributed by atoms with Gasteiger partial charge in [-0.15, -0.1) is 0 Å². The first kappa shape index (κ1) is 16.6. The summed E-state index contributed by atoms with van der Waals surface area (Å²) in [6.45, 7) is 9.00. The second-order valence-electron chi connectivity index (χ2n) is 6.97. The summed E-state index contributed by atoms with van der Waals surface area (Å²) in [6, 6.07) is 9.41. The number of rotatable bonds is 4. The number of hydrogen-bond acceptors (Lipinski definition) is 3. The van der Waals surface area contributed by atoms with Crippen molar-refractivity contribution < 1.29 is 14.3 Å². The average molecular weight is 324 g/mol. The maximum absolute atomic E-state index is 10.7. The lowest BCUT2D eigenvalue weighted by Crippen LogP contribution is -2.42. The Kier molecular flexibility index (Phi) is 4.35. The summed E-state index contributed by atoms with van der Waals surface area (Å²) in [7, 11) is 0. The molecule has 0 N–H and O–H groups in total. The van der Waals surface area contributed by atoms with Crippen LogP contribution in [0.5, 0.6) is 11.5 Å². The lowest BCUT2D eigenvalue weighted by molar-refractivity contribution is 0.0167. The number of ether oxygens (including phenoxy) is 2. The van der Waals surface area contributed by atoms with Crippen LogP contribution in [0.1, 0.15) is 46.0 Å². The van der Waals surface area contributed by atoms with Crippen LogP contribution in [0.3, 0.4) is 0 Å². The van der Waals surface area contributed by atoms with Crippen molar-refractivity contribution in [3.05, 3.63) is 58.1 Å². The predicted octanol–water partition coefficient (Wildman–Crippen LogP) is 4.59. The molecule has 0 aliphatic carbocycles. The molecule has 0 spiro atoms. The van der Waals surface area contributed by atoms with Gasteiger partial charge >= 0.3 is 0 Å². The minimum Gasteiger partial charge on any atom is -0.489 e. The van der Waals surface area contributed by atoms with E-state index in [4.69, 9.17) is 9.47 Å². The summed E-state index contributed by atoms with van der Waals surface area (Å²) < 4.78 is 12.3. The monoisotopic (exact) mass is 324 g/mol. The maximum atomic E-state index is 10.7. The zero-order valence-corrected chi connectivity index (χ0v) is 14.8. The van der Waals surface area contributed by atoms with Crippen LogP contribution in [0.25, 0.3) is 0 Å². The van der Waals surface area contributed by atoms with Gasteiger partial charge in [0.1, 0.15) is 30.0 Å². The van der Waals surface area contributed by atoms with E-state index in [2.05, 4.69) is 33.8 Å². The normalized spacial score (nSPS) is 19.3. The molecule has 24 heavy (non-hydrogen) atoms. The quantitative estimate of drug-likeness (QED) is 0.772. The highest BCUT2D eigenvalue weighted by atomic mass is 16.5. The van der Waals surface area contributed by atoms with E-state index in [1.807, 2.05) is 12.1 Å². The van der Waals surface area contributed by atoms with Crippen molar-refractivity contribution in [2.45, 2.75) is 46.1 Å². The van der Waals surface area contributed by atoms with E-state index >= 15 is 0 Å². The van der Waals surface area contributed by atoms with Gasteiger partial charge in [0.15, 0.2) is 0 Å². The van der Waals surface area contributed by atoms with Crippen LogP contribution in [0.2, 0.25) is 0 Å². The molecule has 0 fully saturated rings. The standard InChI is InChI=1S/C21H24O3/c1-14-11-15(2)19-9-10-21(4,24-20(19)16(14)3)13-23-18-7-5-17(12-22)6-8-18/h5-8,11-12H,9-10,13H2,1-4H3. The third-order valence-corrected chi connectivity index (χ3v) is 4.93. The molecule has 3 nitrogen and oxygen atoms in total. The minimum atomic E-state index is -0.346. The van der Waals surface area contributed by atoms with Gasteiger partial charge in [-0.2, -0.15) is 0 Å². The van der Waals surface area contributed by atoms with Crippen LogP contribution < -0.4 is 9.47 Å². The van der Waals surface area contributed by atoms with E-state index in [0.717, 1.165) is 30.6 Å². The zero-order chi connectivity index (χ0) is 17.3. The molecule has 2 aromatic carbocycles. The van der Waals surface area contributed by atoms with Gasteiger partial charge in [-0.3, -0.25) is 4.79 Å². The van der Waals surface area contributed by atoms with E-state index in [1.165, 1.54) is 22.3 Å². The fraction of sp³-hybridized carbons (Fsp3) is 0.381. The molecule has 3 heteroatoms. The molecule has 2 aromatic rings. The molecule has 0 bridgehead atoms. The predicted molar refractivity (Wildman–Crippen MR) is 95.3 cm³/mol. The number of carbonyl (C=O) groups excluding carboxylic acids is 1. The van der Waals surface area contributed by atoms with Gasteiger partial charge in [0, 0.05) is 5.56 Å². The van der Waals surface area contributed by atoms with Gasteiger partial charge in [-0.05, 0) is 87.1 Å². The topological polar surface area (TPSA) is 35.5 Å². The van der Waals surface area contributed by atoms with E-state index in [0.29, 0.717) is 12.2 Å². The fourth-order valence-corrected chi connectivity index (χ4v) is 3.22. The van der Waals surface area contributed by atoms with Crippen LogP contribution in [0.15, 0.2) is 30.3 Å². The molecule has 0 amide bonds. The Morgan fingerprint density at radius 2 is 1.88 bits per heavy atom. The minimum absolute atomic E-state index is 0.346. The molecular weight excluding hydrogens is 300 g/mol. The molecule has 0 aromatic heterocycles. The van der Waals surface area contributed by atoms with Crippen LogP contribution in [0.4, 0.5) is 0 Å². The summed E-state index contributed by atoms with van der Waals surface area (Å²) >= 11 is 0. The molecule has 0 saturated heterocycles. The highest BCUT2D eigenvalue weighted by Gasteiger charge is 2.34. The molecule has 1 aliphatic heterocycles.